The van der Waals surface area contributed by atoms with Crippen molar-refractivity contribution in [1.29, 1.82) is 0 Å². The average Bonchev–Trinajstić information content (AvgIpc) is 3.15. The smallest absolute Gasteiger partial charge is 0.259 e. The number of benzene rings is 1. The Hall–Kier alpha value is -3.49. The number of hydrogen-bond acceptors (Lipinski definition) is 6. The molecule has 0 radical (unpaired) electrons. The number of anilines is 1. The number of aromatic nitrogens is 5. The van der Waals surface area contributed by atoms with Crippen LogP contribution in [0.15, 0.2) is 29.1 Å². The van der Waals surface area contributed by atoms with Crippen LogP contribution < -0.4 is 15.6 Å². The largest absolute Gasteiger partial charge is 0.494 e. The second kappa shape index (κ2) is 7.81. The van der Waals surface area contributed by atoms with Gasteiger partial charge >= 0.3 is 0 Å². The van der Waals surface area contributed by atoms with E-state index in [-0.39, 0.29) is 17.3 Å². The first-order chi connectivity index (χ1) is 13.0. The summed E-state index contributed by atoms with van der Waals surface area (Å²) >= 11 is 0. The SMILES string of the molecule is CCCc1cc(-c2ccc(-c3nn[nH]n3)c(=O)[nH]2)cc(NC(C)=O)c1OC. The van der Waals surface area contributed by atoms with Gasteiger partial charge in [-0.2, -0.15) is 5.21 Å². The predicted molar refractivity (Wildman–Crippen MR) is 101 cm³/mol. The number of methoxy groups -OCH3 is 1. The number of rotatable bonds is 6. The highest BCUT2D eigenvalue weighted by Gasteiger charge is 2.15. The van der Waals surface area contributed by atoms with Crippen LogP contribution in [0.3, 0.4) is 0 Å². The molecule has 3 aromatic rings. The number of nitrogens with one attached hydrogen (secondary N) is 3. The normalized spacial score (nSPS) is 10.6. The molecule has 0 atom stereocenters. The van der Waals surface area contributed by atoms with Crippen LogP contribution in [0.5, 0.6) is 5.75 Å². The number of carbonyl (C=O) groups is 1. The van der Waals surface area contributed by atoms with Gasteiger partial charge in [-0.05, 0) is 41.5 Å². The number of aryl methyl sites for hydroxylation is 1. The van der Waals surface area contributed by atoms with E-state index in [2.05, 4.69) is 37.8 Å². The summed E-state index contributed by atoms with van der Waals surface area (Å²) in [4.78, 5) is 26.9. The van der Waals surface area contributed by atoms with Crippen LogP contribution in [-0.2, 0) is 11.2 Å². The van der Waals surface area contributed by atoms with E-state index in [1.54, 1.807) is 25.3 Å². The molecule has 0 aliphatic carbocycles. The summed E-state index contributed by atoms with van der Waals surface area (Å²) in [6, 6.07) is 7.13. The molecule has 2 aromatic heterocycles. The van der Waals surface area contributed by atoms with Gasteiger partial charge in [-0.25, -0.2) is 0 Å². The van der Waals surface area contributed by atoms with Crippen LogP contribution in [0.4, 0.5) is 5.69 Å². The topological polar surface area (TPSA) is 126 Å². The molecule has 0 fully saturated rings. The lowest BCUT2D eigenvalue weighted by atomic mass is 10.0. The van der Waals surface area contributed by atoms with Gasteiger partial charge in [0.05, 0.1) is 18.4 Å². The zero-order chi connectivity index (χ0) is 19.4. The lowest BCUT2D eigenvalue weighted by molar-refractivity contribution is -0.114. The van der Waals surface area contributed by atoms with Gasteiger partial charge in [-0.1, -0.05) is 13.3 Å². The molecule has 27 heavy (non-hydrogen) atoms. The molecule has 0 unspecified atom stereocenters. The highest BCUT2D eigenvalue weighted by Crippen LogP contribution is 2.35. The van der Waals surface area contributed by atoms with E-state index < -0.39 is 0 Å². The Morgan fingerprint density at radius 2 is 2.11 bits per heavy atom. The van der Waals surface area contributed by atoms with Crippen molar-refractivity contribution in [2.24, 2.45) is 0 Å². The zero-order valence-electron chi connectivity index (χ0n) is 15.3. The lowest BCUT2D eigenvalue weighted by Gasteiger charge is -2.16. The minimum Gasteiger partial charge on any atom is -0.494 e. The first-order valence-electron chi connectivity index (χ1n) is 8.49. The molecular weight excluding hydrogens is 348 g/mol. The number of tetrazole rings is 1. The molecule has 1 amide bonds. The number of nitrogens with zero attached hydrogens (tertiary/aromatic N) is 3. The molecule has 0 bridgehead atoms. The molecular formula is C18H20N6O3. The molecule has 1 aromatic carbocycles. The number of H-pyrrole nitrogens is 2. The maximum atomic E-state index is 12.4. The van der Waals surface area contributed by atoms with Crippen molar-refractivity contribution in [3.63, 3.8) is 0 Å². The average molecular weight is 368 g/mol. The van der Waals surface area contributed by atoms with Gasteiger partial charge in [0.25, 0.3) is 5.56 Å². The first kappa shape index (κ1) is 18.3. The minimum atomic E-state index is -0.331. The standard InChI is InChI=1S/C18H20N6O3/c1-4-5-11-8-12(9-15(16(11)27-3)19-10(2)25)14-7-6-13(18(26)20-14)17-21-23-24-22-17/h6-9H,4-5H2,1-3H3,(H,19,25)(H,20,26)(H,21,22,23,24). The van der Waals surface area contributed by atoms with Crippen LogP contribution in [0.25, 0.3) is 22.6 Å². The fourth-order valence-electron chi connectivity index (χ4n) is 2.92. The Morgan fingerprint density at radius 1 is 1.30 bits per heavy atom. The molecule has 3 N–H and O–H groups in total. The van der Waals surface area contributed by atoms with E-state index in [9.17, 15) is 9.59 Å². The van der Waals surface area contributed by atoms with Crippen LogP contribution in [0, 0.1) is 0 Å². The monoisotopic (exact) mass is 368 g/mol. The summed E-state index contributed by atoms with van der Waals surface area (Å²) in [5.74, 6) is 0.651. The third-order valence-electron chi connectivity index (χ3n) is 4.01. The molecule has 0 aliphatic rings. The number of amides is 1. The van der Waals surface area contributed by atoms with Gasteiger partial charge in [0, 0.05) is 18.2 Å². The van der Waals surface area contributed by atoms with Gasteiger partial charge in [0.15, 0.2) is 0 Å². The van der Waals surface area contributed by atoms with Crippen LogP contribution in [0.2, 0.25) is 0 Å². The summed E-state index contributed by atoms with van der Waals surface area (Å²) in [6.45, 7) is 3.50. The summed E-state index contributed by atoms with van der Waals surface area (Å²) in [5, 5.41) is 16.2. The molecule has 9 heteroatoms. The first-order valence-corrected chi connectivity index (χ1v) is 8.49. The second-order valence-corrected chi connectivity index (χ2v) is 6.00. The number of carbonyl (C=O) groups excluding carboxylic acids is 1. The lowest BCUT2D eigenvalue weighted by Crippen LogP contribution is -2.11. The van der Waals surface area contributed by atoms with Crippen molar-refractivity contribution in [2.45, 2.75) is 26.7 Å². The Balaban J connectivity index is 2.10. The highest BCUT2D eigenvalue weighted by molar-refractivity contribution is 5.92. The van der Waals surface area contributed by atoms with E-state index in [1.807, 2.05) is 6.07 Å². The van der Waals surface area contributed by atoms with E-state index in [1.165, 1.54) is 6.92 Å². The second-order valence-electron chi connectivity index (χ2n) is 6.00. The molecule has 9 nitrogen and oxygen atoms in total. The molecule has 0 spiro atoms. The van der Waals surface area contributed by atoms with Crippen molar-refractivity contribution < 1.29 is 9.53 Å². The molecule has 0 aliphatic heterocycles. The highest BCUT2D eigenvalue weighted by atomic mass is 16.5. The fourth-order valence-corrected chi connectivity index (χ4v) is 2.92. The van der Waals surface area contributed by atoms with Crippen LogP contribution in [-0.4, -0.2) is 38.6 Å². The van der Waals surface area contributed by atoms with Crippen molar-refractivity contribution >= 4 is 11.6 Å². The zero-order valence-corrected chi connectivity index (χ0v) is 15.3. The third kappa shape index (κ3) is 3.86. The third-order valence-corrected chi connectivity index (χ3v) is 4.01. The Kier molecular flexibility index (Phi) is 5.30. The van der Waals surface area contributed by atoms with Gasteiger partial charge in [-0.15, -0.1) is 10.2 Å². The molecule has 2 heterocycles. The summed E-state index contributed by atoms with van der Waals surface area (Å²) in [5.41, 5.74) is 2.87. The quantitative estimate of drug-likeness (QED) is 0.612. The maximum Gasteiger partial charge on any atom is 0.259 e. The number of hydrogen-bond donors (Lipinski definition) is 3. The molecule has 3 rings (SSSR count). The number of ether oxygens (including phenoxy) is 1. The van der Waals surface area contributed by atoms with Crippen molar-refractivity contribution in [1.82, 2.24) is 25.6 Å². The Labute approximate surface area is 155 Å². The summed E-state index contributed by atoms with van der Waals surface area (Å²) in [6.07, 6.45) is 1.68. The molecule has 140 valence electrons. The number of aromatic amines is 2. The van der Waals surface area contributed by atoms with E-state index in [4.69, 9.17) is 4.74 Å². The van der Waals surface area contributed by atoms with Gasteiger partial charge < -0.3 is 15.0 Å². The van der Waals surface area contributed by atoms with Crippen LogP contribution >= 0.6 is 0 Å². The fraction of sp³-hybridized carbons (Fsp3) is 0.278. The van der Waals surface area contributed by atoms with Crippen molar-refractivity contribution in [2.75, 3.05) is 12.4 Å². The minimum absolute atomic E-state index is 0.200. The maximum absolute atomic E-state index is 12.4. The van der Waals surface area contributed by atoms with Gasteiger partial charge in [-0.3, -0.25) is 9.59 Å². The van der Waals surface area contributed by atoms with Crippen molar-refractivity contribution in [3.05, 3.63) is 40.2 Å². The van der Waals surface area contributed by atoms with E-state index >= 15 is 0 Å². The Bertz CT molecular complexity index is 1010. The van der Waals surface area contributed by atoms with E-state index in [0.29, 0.717) is 22.7 Å². The predicted octanol–water partition coefficient (Wildman–Crippen LogP) is 2.14. The van der Waals surface area contributed by atoms with Crippen LogP contribution in [0.1, 0.15) is 25.8 Å². The van der Waals surface area contributed by atoms with Crippen molar-refractivity contribution in [3.8, 4) is 28.4 Å². The van der Waals surface area contributed by atoms with Gasteiger partial charge in [0.2, 0.25) is 11.7 Å². The Morgan fingerprint density at radius 3 is 2.70 bits per heavy atom. The summed E-state index contributed by atoms with van der Waals surface area (Å²) in [7, 11) is 1.57. The molecule has 0 saturated carbocycles. The number of pyridine rings is 1. The molecule has 0 saturated heterocycles. The summed E-state index contributed by atoms with van der Waals surface area (Å²) < 4.78 is 5.50. The van der Waals surface area contributed by atoms with E-state index in [0.717, 1.165) is 24.0 Å². The van der Waals surface area contributed by atoms with Gasteiger partial charge in [0.1, 0.15) is 5.75 Å².